The number of rotatable bonds is 3. The molecule has 0 aromatic rings. The summed E-state index contributed by atoms with van der Waals surface area (Å²) in [5.41, 5.74) is 0. The molecule has 1 aliphatic heterocycles. The molecule has 1 rings (SSSR count). The van der Waals surface area contributed by atoms with Crippen molar-refractivity contribution in [2.24, 2.45) is 0 Å². The number of β-amino-alcohol motifs (C(OH)–C–C–N with tert-alkyl or cyclic N) is 1. The molecule has 0 fully saturated rings. The van der Waals surface area contributed by atoms with Crippen LogP contribution in [0.4, 0.5) is 0 Å². The van der Waals surface area contributed by atoms with Gasteiger partial charge in [0.1, 0.15) is 0 Å². The first-order chi connectivity index (χ1) is 5.22. The quantitative estimate of drug-likeness (QED) is 0.698. The molecule has 72 valence electrons. The van der Waals surface area contributed by atoms with Crippen LogP contribution in [0.15, 0.2) is 12.4 Å². The Balaban J connectivity index is 0.00000121. The average Bonchev–Trinajstić information content (AvgIpc) is 2.35. The predicted octanol–water partition coefficient (Wildman–Crippen LogP) is 0.684. The number of alkyl halides is 1. The topological polar surface area (TPSA) is 26.7 Å². The molecule has 1 N–H and O–H groups in total. The van der Waals surface area contributed by atoms with E-state index in [2.05, 4.69) is 0 Å². The Bertz CT molecular complexity index is 154. The van der Waals surface area contributed by atoms with Crippen molar-refractivity contribution in [1.82, 2.24) is 9.80 Å². The average molecular weight is 213 g/mol. The Labute approximate surface area is 84.0 Å². The molecule has 1 heterocycles. The third kappa shape index (κ3) is 3.52. The van der Waals surface area contributed by atoms with Crippen LogP contribution in [0.5, 0.6) is 0 Å². The maximum absolute atomic E-state index is 9.18. The van der Waals surface area contributed by atoms with E-state index in [1.165, 1.54) is 0 Å². The molecule has 1 aliphatic rings. The highest BCUT2D eigenvalue weighted by atomic mass is 35.5. The zero-order valence-corrected chi connectivity index (χ0v) is 8.55. The maximum Gasteiger partial charge on any atom is 0.0891 e. The van der Waals surface area contributed by atoms with E-state index in [9.17, 15) is 5.11 Å². The van der Waals surface area contributed by atoms with Crippen LogP contribution in [-0.2, 0) is 0 Å². The van der Waals surface area contributed by atoms with Gasteiger partial charge in [0, 0.05) is 26.0 Å². The van der Waals surface area contributed by atoms with Crippen LogP contribution in [0.3, 0.4) is 0 Å². The number of aliphatic hydroxyl groups excluding tert-OH is 1. The lowest BCUT2D eigenvalue weighted by Gasteiger charge is -2.19. The molecule has 0 spiro atoms. The second-order valence-corrected chi connectivity index (χ2v) is 3.08. The van der Waals surface area contributed by atoms with Gasteiger partial charge in [-0.15, -0.1) is 24.0 Å². The SMILES string of the molecule is CN1C=CN(CC(O)CCl)C1.Cl. The summed E-state index contributed by atoms with van der Waals surface area (Å²) < 4.78 is 0. The summed E-state index contributed by atoms with van der Waals surface area (Å²) in [7, 11) is 1.99. The first-order valence-corrected chi connectivity index (χ1v) is 4.12. The van der Waals surface area contributed by atoms with Gasteiger partial charge in [-0.3, -0.25) is 0 Å². The van der Waals surface area contributed by atoms with Crippen molar-refractivity contribution >= 4 is 24.0 Å². The second kappa shape index (κ2) is 5.51. The number of halogens is 2. The van der Waals surface area contributed by atoms with Crippen LogP contribution < -0.4 is 0 Å². The molecule has 0 aromatic heterocycles. The van der Waals surface area contributed by atoms with E-state index < -0.39 is 6.10 Å². The molecule has 0 aromatic carbocycles. The number of hydrogen-bond acceptors (Lipinski definition) is 3. The van der Waals surface area contributed by atoms with Crippen molar-refractivity contribution in [2.75, 3.05) is 26.1 Å². The molecule has 5 heteroatoms. The van der Waals surface area contributed by atoms with E-state index in [0.29, 0.717) is 12.4 Å². The normalized spacial score (nSPS) is 17.9. The maximum atomic E-state index is 9.18. The molecule has 1 atom stereocenters. The van der Waals surface area contributed by atoms with Gasteiger partial charge in [0.2, 0.25) is 0 Å². The lowest BCUT2D eigenvalue weighted by Crippen LogP contribution is -2.31. The van der Waals surface area contributed by atoms with Gasteiger partial charge < -0.3 is 14.9 Å². The third-order valence-electron chi connectivity index (χ3n) is 1.56. The fraction of sp³-hybridized carbons (Fsp3) is 0.714. The number of aliphatic hydroxyl groups is 1. The summed E-state index contributed by atoms with van der Waals surface area (Å²) in [6, 6.07) is 0. The molecule has 0 saturated heterocycles. The monoisotopic (exact) mass is 212 g/mol. The molecule has 0 amide bonds. The van der Waals surface area contributed by atoms with Crippen molar-refractivity contribution in [3.8, 4) is 0 Å². The number of nitrogens with zero attached hydrogens (tertiary/aromatic N) is 2. The van der Waals surface area contributed by atoms with Crippen molar-refractivity contribution in [1.29, 1.82) is 0 Å². The fourth-order valence-electron chi connectivity index (χ4n) is 1.03. The molecule has 12 heavy (non-hydrogen) atoms. The van der Waals surface area contributed by atoms with Crippen LogP contribution in [0, 0.1) is 0 Å². The highest BCUT2D eigenvalue weighted by Gasteiger charge is 2.11. The van der Waals surface area contributed by atoms with Gasteiger partial charge in [-0.1, -0.05) is 0 Å². The van der Waals surface area contributed by atoms with Crippen molar-refractivity contribution in [2.45, 2.75) is 6.10 Å². The Morgan fingerprint density at radius 3 is 2.67 bits per heavy atom. The van der Waals surface area contributed by atoms with E-state index in [0.717, 1.165) is 6.67 Å². The molecule has 0 bridgehead atoms. The first kappa shape index (κ1) is 11.9. The summed E-state index contributed by atoms with van der Waals surface area (Å²) in [6.07, 6.45) is 3.50. The van der Waals surface area contributed by atoms with E-state index in [1.54, 1.807) is 0 Å². The summed E-state index contributed by atoms with van der Waals surface area (Å²) >= 11 is 5.45. The Morgan fingerprint density at radius 1 is 1.58 bits per heavy atom. The fourth-order valence-corrected chi connectivity index (χ4v) is 1.12. The van der Waals surface area contributed by atoms with E-state index >= 15 is 0 Å². The smallest absolute Gasteiger partial charge is 0.0891 e. The minimum absolute atomic E-state index is 0. The van der Waals surface area contributed by atoms with Gasteiger partial charge in [0.25, 0.3) is 0 Å². The van der Waals surface area contributed by atoms with Gasteiger partial charge in [-0.25, -0.2) is 0 Å². The highest BCUT2D eigenvalue weighted by Crippen LogP contribution is 2.04. The molecular weight excluding hydrogens is 199 g/mol. The van der Waals surface area contributed by atoms with Crippen LogP contribution in [0.25, 0.3) is 0 Å². The van der Waals surface area contributed by atoms with Crippen LogP contribution in [-0.4, -0.2) is 47.2 Å². The molecule has 0 saturated carbocycles. The van der Waals surface area contributed by atoms with Crippen molar-refractivity contribution in [3.05, 3.63) is 12.4 Å². The Morgan fingerprint density at radius 2 is 2.25 bits per heavy atom. The van der Waals surface area contributed by atoms with Gasteiger partial charge in [-0.05, 0) is 0 Å². The lowest BCUT2D eigenvalue weighted by atomic mass is 10.4. The van der Waals surface area contributed by atoms with Crippen LogP contribution in [0.2, 0.25) is 0 Å². The van der Waals surface area contributed by atoms with Gasteiger partial charge in [0.15, 0.2) is 0 Å². The Kier molecular flexibility index (Phi) is 5.46. The van der Waals surface area contributed by atoms with Gasteiger partial charge >= 0.3 is 0 Å². The first-order valence-electron chi connectivity index (χ1n) is 3.59. The minimum atomic E-state index is -0.423. The summed E-state index contributed by atoms with van der Waals surface area (Å²) in [5.74, 6) is 0.300. The highest BCUT2D eigenvalue weighted by molar-refractivity contribution is 6.18. The van der Waals surface area contributed by atoms with Gasteiger partial charge in [-0.2, -0.15) is 0 Å². The minimum Gasteiger partial charge on any atom is -0.390 e. The van der Waals surface area contributed by atoms with Crippen LogP contribution in [0.1, 0.15) is 0 Å². The van der Waals surface area contributed by atoms with Crippen molar-refractivity contribution in [3.63, 3.8) is 0 Å². The predicted molar refractivity (Wildman–Crippen MR) is 52.5 cm³/mol. The largest absolute Gasteiger partial charge is 0.390 e. The summed E-state index contributed by atoms with van der Waals surface area (Å²) in [6.45, 7) is 1.46. The molecular formula is C7H14Cl2N2O. The van der Waals surface area contributed by atoms with Crippen LogP contribution >= 0.6 is 24.0 Å². The van der Waals surface area contributed by atoms with Gasteiger partial charge in [0.05, 0.1) is 18.7 Å². The molecule has 3 nitrogen and oxygen atoms in total. The zero-order valence-electron chi connectivity index (χ0n) is 6.98. The molecule has 0 aliphatic carbocycles. The van der Waals surface area contributed by atoms with E-state index in [1.807, 2.05) is 29.2 Å². The standard InChI is InChI=1S/C7H13ClN2O.ClH/c1-9-2-3-10(6-9)5-7(11)4-8;/h2-3,7,11H,4-6H2,1H3;1H. The summed E-state index contributed by atoms with van der Waals surface area (Å²) in [5, 5.41) is 9.18. The molecule has 0 radical (unpaired) electrons. The molecule has 1 unspecified atom stereocenters. The summed E-state index contributed by atoms with van der Waals surface area (Å²) in [4.78, 5) is 4.06. The van der Waals surface area contributed by atoms with E-state index in [-0.39, 0.29) is 12.4 Å². The van der Waals surface area contributed by atoms with E-state index in [4.69, 9.17) is 11.6 Å². The second-order valence-electron chi connectivity index (χ2n) is 2.78. The lowest BCUT2D eigenvalue weighted by molar-refractivity contribution is 0.145. The zero-order chi connectivity index (χ0) is 8.27. The number of hydrogen-bond donors (Lipinski definition) is 1. The Hall–Kier alpha value is -0.120. The van der Waals surface area contributed by atoms with Crippen molar-refractivity contribution < 1.29 is 5.11 Å². The third-order valence-corrected chi connectivity index (χ3v) is 1.92.